The van der Waals surface area contributed by atoms with Gasteiger partial charge in [0.2, 0.25) is 15.9 Å². The molecule has 2 unspecified atom stereocenters. The van der Waals surface area contributed by atoms with E-state index in [1.807, 2.05) is 13.8 Å². The number of morpholine rings is 1. The zero-order valence-corrected chi connectivity index (χ0v) is 17.6. The number of halogens is 2. The second kappa shape index (κ2) is 8.79. The van der Waals surface area contributed by atoms with E-state index in [2.05, 4.69) is 5.32 Å². The predicted octanol–water partition coefficient (Wildman–Crippen LogP) is 3.46. The van der Waals surface area contributed by atoms with E-state index < -0.39 is 21.7 Å². The Morgan fingerprint density at radius 2 is 1.79 bits per heavy atom. The number of ether oxygens (including phenoxy) is 1. The molecule has 0 spiro atoms. The molecular weight excluding hydrogens is 419 g/mol. The van der Waals surface area contributed by atoms with Crippen molar-refractivity contribution in [3.05, 3.63) is 58.9 Å². The Morgan fingerprint density at radius 1 is 1.17 bits per heavy atom. The number of anilines is 1. The molecule has 2 aromatic carbocycles. The molecule has 9 heteroatoms. The first-order chi connectivity index (χ1) is 13.7. The fourth-order valence-electron chi connectivity index (χ4n) is 3.25. The van der Waals surface area contributed by atoms with E-state index >= 15 is 0 Å². The maximum absolute atomic E-state index is 13.8. The molecule has 6 nitrogen and oxygen atoms in total. The number of benzene rings is 2. The number of hydrogen-bond donors (Lipinski definition) is 1. The van der Waals surface area contributed by atoms with E-state index in [0.717, 1.165) is 0 Å². The third-order valence-electron chi connectivity index (χ3n) is 4.56. The lowest BCUT2D eigenvalue weighted by Gasteiger charge is -2.34. The molecule has 0 aromatic heterocycles. The fourth-order valence-corrected chi connectivity index (χ4v) is 5.07. The smallest absolute Gasteiger partial charge is 0.243 e. The first-order valence-electron chi connectivity index (χ1n) is 9.15. The number of amides is 1. The van der Waals surface area contributed by atoms with Crippen LogP contribution in [0.1, 0.15) is 19.4 Å². The fraction of sp³-hybridized carbons (Fsp3) is 0.350. The van der Waals surface area contributed by atoms with Crippen molar-refractivity contribution >= 4 is 33.2 Å². The third-order valence-corrected chi connectivity index (χ3v) is 6.76. The lowest BCUT2D eigenvalue weighted by Crippen LogP contribution is -2.48. The van der Waals surface area contributed by atoms with E-state index in [1.54, 1.807) is 0 Å². The van der Waals surface area contributed by atoms with Crippen molar-refractivity contribution < 1.29 is 22.3 Å². The van der Waals surface area contributed by atoms with Crippen LogP contribution in [0.4, 0.5) is 10.1 Å². The van der Waals surface area contributed by atoms with Crippen LogP contribution >= 0.6 is 11.6 Å². The maximum Gasteiger partial charge on any atom is 0.243 e. The van der Waals surface area contributed by atoms with Crippen LogP contribution < -0.4 is 5.32 Å². The molecule has 0 bridgehead atoms. The van der Waals surface area contributed by atoms with Gasteiger partial charge in [-0.2, -0.15) is 4.31 Å². The van der Waals surface area contributed by atoms with Crippen LogP contribution in [0.3, 0.4) is 0 Å². The van der Waals surface area contributed by atoms with Crippen molar-refractivity contribution in [3.8, 4) is 0 Å². The zero-order chi connectivity index (χ0) is 21.2. The van der Waals surface area contributed by atoms with Gasteiger partial charge in [-0.15, -0.1) is 0 Å². The molecule has 1 amide bonds. The van der Waals surface area contributed by atoms with Gasteiger partial charge in [0.05, 0.1) is 23.5 Å². The lowest BCUT2D eigenvalue weighted by molar-refractivity contribution is -0.115. The Balaban J connectivity index is 1.69. The first kappa shape index (κ1) is 21.7. The molecule has 2 atom stereocenters. The summed E-state index contributed by atoms with van der Waals surface area (Å²) in [5.41, 5.74) is 0.520. The van der Waals surface area contributed by atoms with Crippen LogP contribution in [0.15, 0.2) is 47.4 Å². The molecule has 1 N–H and O–H groups in total. The summed E-state index contributed by atoms with van der Waals surface area (Å²) in [7, 11) is -3.66. The number of rotatable bonds is 5. The summed E-state index contributed by atoms with van der Waals surface area (Å²) in [6.07, 6.45) is -0.593. The van der Waals surface area contributed by atoms with E-state index in [4.69, 9.17) is 16.3 Å². The Hall–Kier alpha value is -2.00. The molecule has 1 aliphatic rings. The number of carbonyl (C=O) groups is 1. The summed E-state index contributed by atoms with van der Waals surface area (Å²) in [6.45, 7) is 4.24. The van der Waals surface area contributed by atoms with Gasteiger partial charge in [-0.25, -0.2) is 12.8 Å². The summed E-state index contributed by atoms with van der Waals surface area (Å²) in [5.74, 6) is -1.01. The van der Waals surface area contributed by atoms with Crippen LogP contribution in [-0.2, 0) is 26.0 Å². The topological polar surface area (TPSA) is 75.7 Å². The van der Waals surface area contributed by atoms with Crippen LogP contribution in [0.2, 0.25) is 5.02 Å². The van der Waals surface area contributed by atoms with Gasteiger partial charge in [-0.3, -0.25) is 4.79 Å². The maximum atomic E-state index is 13.8. The van der Waals surface area contributed by atoms with Crippen molar-refractivity contribution in [2.75, 3.05) is 18.4 Å². The first-order valence-corrected chi connectivity index (χ1v) is 11.0. The standard InChI is InChI=1S/C20H22ClFN2O4S/c1-13-11-24(12-14(2)28-13)29(26,27)16-8-6-15(7-9-16)23-20(25)10-17-18(21)4-3-5-19(17)22/h3-9,13-14H,10-12H2,1-2H3,(H,23,25). The van der Waals surface area contributed by atoms with E-state index in [-0.39, 0.29) is 47.2 Å². The van der Waals surface area contributed by atoms with Crippen LogP contribution in [-0.4, -0.2) is 43.9 Å². The highest BCUT2D eigenvalue weighted by molar-refractivity contribution is 7.89. The highest BCUT2D eigenvalue weighted by Crippen LogP contribution is 2.23. The minimum Gasteiger partial charge on any atom is -0.373 e. The Morgan fingerprint density at radius 3 is 2.38 bits per heavy atom. The molecule has 156 valence electrons. The predicted molar refractivity (Wildman–Crippen MR) is 109 cm³/mol. The van der Waals surface area contributed by atoms with Gasteiger partial charge in [-0.1, -0.05) is 17.7 Å². The lowest BCUT2D eigenvalue weighted by atomic mass is 10.1. The van der Waals surface area contributed by atoms with Gasteiger partial charge in [0.25, 0.3) is 0 Å². The monoisotopic (exact) mass is 440 g/mol. The number of sulfonamides is 1. The highest BCUT2D eigenvalue weighted by Gasteiger charge is 2.32. The van der Waals surface area contributed by atoms with Gasteiger partial charge in [-0.05, 0) is 50.2 Å². The van der Waals surface area contributed by atoms with Crippen LogP contribution in [0.5, 0.6) is 0 Å². The molecule has 1 heterocycles. The summed E-state index contributed by atoms with van der Waals surface area (Å²) in [5, 5.41) is 2.80. The second-order valence-corrected chi connectivity index (χ2v) is 9.37. The van der Waals surface area contributed by atoms with E-state index in [9.17, 15) is 17.6 Å². The molecule has 2 aromatic rings. The van der Waals surface area contributed by atoms with Gasteiger partial charge in [0, 0.05) is 29.4 Å². The van der Waals surface area contributed by atoms with E-state index in [1.165, 1.54) is 46.8 Å². The van der Waals surface area contributed by atoms with Crippen molar-refractivity contribution in [2.24, 2.45) is 0 Å². The molecule has 0 radical (unpaired) electrons. The number of nitrogens with zero attached hydrogens (tertiary/aromatic N) is 1. The minimum atomic E-state index is -3.66. The van der Waals surface area contributed by atoms with Crippen molar-refractivity contribution in [1.82, 2.24) is 4.31 Å². The summed E-state index contributed by atoms with van der Waals surface area (Å²) >= 11 is 5.94. The van der Waals surface area contributed by atoms with Gasteiger partial charge >= 0.3 is 0 Å². The quantitative estimate of drug-likeness (QED) is 0.772. The number of carbonyl (C=O) groups excluding carboxylic acids is 1. The molecule has 0 saturated carbocycles. The summed E-state index contributed by atoms with van der Waals surface area (Å²) in [6, 6.07) is 10.1. The van der Waals surface area contributed by atoms with Gasteiger partial charge < -0.3 is 10.1 Å². The van der Waals surface area contributed by atoms with Crippen molar-refractivity contribution in [3.63, 3.8) is 0 Å². The van der Waals surface area contributed by atoms with Crippen molar-refractivity contribution in [2.45, 2.75) is 37.4 Å². The van der Waals surface area contributed by atoms with Gasteiger partial charge in [0.15, 0.2) is 0 Å². The van der Waals surface area contributed by atoms with Crippen LogP contribution in [0, 0.1) is 5.82 Å². The Bertz CT molecular complexity index is 968. The summed E-state index contributed by atoms with van der Waals surface area (Å²) in [4.78, 5) is 12.3. The largest absolute Gasteiger partial charge is 0.373 e. The highest BCUT2D eigenvalue weighted by atomic mass is 35.5. The molecule has 1 fully saturated rings. The average molecular weight is 441 g/mol. The molecule has 1 saturated heterocycles. The zero-order valence-electron chi connectivity index (χ0n) is 16.1. The minimum absolute atomic E-state index is 0.112. The Kier molecular flexibility index (Phi) is 6.58. The molecule has 3 rings (SSSR count). The number of nitrogens with one attached hydrogen (secondary N) is 1. The SMILES string of the molecule is CC1CN(S(=O)(=O)c2ccc(NC(=O)Cc3c(F)cccc3Cl)cc2)CC(C)O1. The van der Waals surface area contributed by atoms with Gasteiger partial charge in [0.1, 0.15) is 5.82 Å². The van der Waals surface area contributed by atoms with Crippen molar-refractivity contribution in [1.29, 1.82) is 0 Å². The third kappa shape index (κ3) is 5.14. The molecule has 29 heavy (non-hydrogen) atoms. The molecule has 0 aliphatic carbocycles. The molecular formula is C20H22ClFN2O4S. The number of hydrogen-bond acceptors (Lipinski definition) is 4. The van der Waals surface area contributed by atoms with Crippen LogP contribution in [0.25, 0.3) is 0 Å². The normalized spacial score (nSPS) is 20.4. The van der Waals surface area contributed by atoms with E-state index in [0.29, 0.717) is 5.69 Å². The summed E-state index contributed by atoms with van der Waals surface area (Å²) < 4.78 is 46.5. The average Bonchev–Trinajstić information content (AvgIpc) is 2.64. The second-order valence-electron chi connectivity index (χ2n) is 7.03. The molecule has 1 aliphatic heterocycles. The Labute approximate surface area is 174 Å².